The number of ether oxygens (including phenoxy) is 1. The predicted molar refractivity (Wildman–Crippen MR) is 128 cm³/mol. The minimum atomic E-state index is -0.0527. The quantitative estimate of drug-likeness (QED) is 0.579. The fourth-order valence-electron chi connectivity index (χ4n) is 4.66. The van der Waals surface area contributed by atoms with Gasteiger partial charge in [-0.25, -0.2) is 4.98 Å². The summed E-state index contributed by atoms with van der Waals surface area (Å²) in [4.78, 5) is 24.8. The van der Waals surface area contributed by atoms with Gasteiger partial charge >= 0.3 is 0 Å². The van der Waals surface area contributed by atoms with Crippen molar-refractivity contribution in [2.24, 2.45) is 5.92 Å². The van der Waals surface area contributed by atoms with Crippen molar-refractivity contribution in [1.82, 2.24) is 20.2 Å². The molecule has 1 aliphatic rings. The van der Waals surface area contributed by atoms with Crippen LogP contribution < -0.4 is 5.32 Å². The number of rotatable bonds is 8. The lowest BCUT2D eigenvalue weighted by atomic mass is 9.92. The molecule has 0 aliphatic carbocycles. The zero-order valence-electron chi connectivity index (χ0n) is 19.0. The average molecular weight is 433 g/mol. The van der Waals surface area contributed by atoms with Crippen molar-refractivity contribution in [3.63, 3.8) is 0 Å². The van der Waals surface area contributed by atoms with Crippen LogP contribution in [0.1, 0.15) is 37.0 Å². The molecule has 1 amide bonds. The van der Waals surface area contributed by atoms with E-state index < -0.39 is 0 Å². The third-order valence-electron chi connectivity index (χ3n) is 6.52. The van der Waals surface area contributed by atoms with E-state index in [-0.39, 0.29) is 5.91 Å². The molecule has 1 aromatic carbocycles. The van der Waals surface area contributed by atoms with Gasteiger partial charge in [0.25, 0.3) is 5.91 Å². The lowest BCUT2D eigenvalue weighted by Gasteiger charge is -2.38. The highest BCUT2D eigenvalue weighted by atomic mass is 16.5. The standard InChI is InChI=1S/C26H32N4O2/c1-3-19(4-2)25(30-13-15-32-16-14-30)18-28-26(31)22-17-24(20-9-11-27-12-10-20)29-23-8-6-5-7-21(22)23/h5-12,17,19,25H,3-4,13-16,18H2,1-2H3,(H,28,31)/t25-/m0/s1. The van der Waals surface area contributed by atoms with Crippen LogP contribution in [0.3, 0.4) is 0 Å². The van der Waals surface area contributed by atoms with Crippen LogP contribution >= 0.6 is 0 Å². The normalized spacial score (nSPS) is 15.7. The summed E-state index contributed by atoms with van der Waals surface area (Å²) in [6.45, 7) is 8.46. The molecule has 1 aliphatic heterocycles. The number of pyridine rings is 2. The molecule has 0 spiro atoms. The number of hydrogen-bond acceptors (Lipinski definition) is 5. The van der Waals surface area contributed by atoms with Gasteiger partial charge in [-0.1, -0.05) is 44.9 Å². The van der Waals surface area contributed by atoms with Gasteiger partial charge in [-0.05, 0) is 30.2 Å². The number of nitrogens with one attached hydrogen (secondary N) is 1. The van der Waals surface area contributed by atoms with Gasteiger partial charge in [-0.3, -0.25) is 14.7 Å². The topological polar surface area (TPSA) is 67.4 Å². The van der Waals surface area contributed by atoms with Gasteiger partial charge in [0.05, 0.1) is 30.0 Å². The van der Waals surface area contributed by atoms with Crippen molar-refractivity contribution in [3.8, 4) is 11.3 Å². The number of para-hydroxylation sites is 1. The van der Waals surface area contributed by atoms with Gasteiger partial charge < -0.3 is 10.1 Å². The van der Waals surface area contributed by atoms with Crippen LogP contribution in [0.5, 0.6) is 0 Å². The third-order valence-corrected chi connectivity index (χ3v) is 6.52. The van der Waals surface area contributed by atoms with Crippen molar-refractivity contribution < 1.29 is 9.53 Å². The van der Waals surface area contributed by atoms with Crippen molar-refractivity contribution >= 4 is 16.8 Å². The Bertz CT molecular complexity index is 1030. The molecule has 1 saturated heterocycles. The molecule has 3 aromatic rings. The smallest absolute Gasteiger partial charge is 0.252 e. The van der Waals surface area contributed by atoms with E-state index in [1.165, 1.54) is 0 Å². The van der Waals surface area contributed by atoms with Crippen molar-refractivity contribution in [2.45, 2.75) is 32.7 Å². The average Bonchev–Trinajstić information content (AvgIpc) is 2.86. The molecule has 3 heterocycles. The van der Waals surface area contributed by atoms with Gasteiger partial charge in [0.1, 0.15) is 0 Å². The Labute approximate surface area is 190 Å². The monoisotopic (exact) mass is 432 g/mol. The summed E-state index contributed by atoms with van der Waals surface area (Å²) in [6, 6.07) is 13.9. The van der Waals surface area contributed by atoms with Gasteiger partial charge in [0.2, 0.25) is 0 Å². The Morgan fingerprint density at radius 1 is 1.09 bits per heavy atom. The Kier molecular flexibility index (Phi) is 7.45. The van der Waals surface area contributed by atoms with E-state index in [0.29, 0.717) is 24.1 Å². The zero-order chi connectivity index (χ0) is 22.3. The van der Waals surface area contributed by atoms with Crippen LogP contribution in [-0.2, 0) is 4.74 Å². The van der Waals surface area contributed by atoms with E-state index in [9.17, 15) is 4.79 Å². The summed E-state index contributed by atoms with van der Waals surface area (Å²) in [5.41, 5.74) is 3.20. The lowest BCUT2D eigenvalue weighted by molar-refractivity contribution is 0.00192. The molecule has 0 bridgehead atoms. The Morgan fingerprint density at radius 3 is 2.53 bits per heavy atom. The molecule has 32 heavy (non-hydrogen) atoms. The predicted octanol–water partition coefficient (Wildman–Crippen LogP) is 4.16. The van der Waals surface area contributed by atoms with Crippen LogP contribution in [0.15, 0.2) is 54.9 Å². The zero-order valence-corrected chi connectivity index (χ0v) is 19.0. The molecule has 6 nitrogen and oxygen atoms in total. The highest BCUT2D eigenvalue weighted by Gasteiger charge is 2.27. The largest absolute Gasteiger partial charge is 0.379 e. The minimum absolute atomic E-state index is 0.0527. The highest BCUT2D eigenvalue weighted by molar-refractivity contribution is 6.07. The van der Waals surface area contributed by atoms with Crippen LogP contribution in [0.2, 0.25) is 0 Å². The van der Waals surface area contributed by atoms with E-state index in [2.05, 4.69) is 29.0 Å². The molecule has 2 aromatic heterocycles. The van der Waals surface area contributed by atoms with E-state index in [1.807, 2.05) is 42.5 Å². The van der Waals surface area contributed by atoms with Crippen molar-refractivity contribution in [2.75, 3.05) is 32.8 Å². The maximum Gasteiger partial charge on any atom is 0.252 e. The number of carbonyl (C=O) groups excluding carboxylic acids is 1. The second kappa shape index (κ2) is 10.7. The number of aromatic nitrogens is 2. The molecule has 0 saturated carbocycles. The summed E-state index contributed by atoms with van der Waals surface area (Å²) in [7, 11) is 0. The number of morpholine rings is 1. The first kappa shape index (κ1) is 22.4. The number of amides is 1. The molecule has 4 rings (SSSR count). The van der Waals surface area contributed by atoms with Gasteiger partial charge in [0.15, 0.2) is 0 Å². The van der Waals surface area contributed by atoms with Crippen molar-refractivity contribution in [3.05, 3.63) is 60.4 Å². The molecule has 0 radical (unpaired) electrons. The molecule has 1 fully saturated rings. The fraction of sp³-hybridized carbons (Fsp3) is 0.423. The second-order valence-electron chi connectivity index (χ2n) is 8.31. The Balaban J connectivity index is 1.61. The maximum atomic E-state index is 13.4. The first-order valence-electron chi connectivity index (χ1n) is 11.6. The number of benzene rings is 1. The maximum absolute atomic E-state index is 13.4. The van der Waals surface area contributed by atoms with Gasteiger partial charge in [0, 0.05) is 49.0 Å². The van der Waals surface area contributed by atoms with Crippen LogP contribution in [0.4, 0.5) is 0 Å². The van der Waals surface area contributed by atoms with E-state index in [1.54, 1.807) is 12.4 Å². The van der Waals surface area contributed by atoms with Crippen LogP contribution in [-0.4, -0.2) is 59.7 Å². The number of carbonyl (C=O) groups is 1. The third kappa shape index (κ3) is 4.97. The summed E-state index contributed by atoms with van der Waals surface area (Å²) in [5, 5.41) is 4.12. The van der Waals surface area contributed by atoms with E-state index in [4.69, 9.17) is 9.72 Å². The summed E-state index contributed by atoms with van der Waals surface area (Å²) in [5.74, 6) is 0.484. The molecule has 1 N–H and O–H groups in total. The van der Waals surface area contributed by atoms with Gasteiger partial charge in [-0.2, -0.15) is 0 Å². The van der Waals surface area contributed by atoms with E-state index in [0.717, 1.165) is 61.3 Å². The first-order valence-corrected chi connectivity index (χ1v) is 11.6. The van der Waals surface area contributed by atoms with Gasteiger partial charge in [-0.15, -0.1) is 0 Å². The number of hydrogen-bond donors (Lipinski definition) is 1. The molecule has 168 valence electrons. The Hall–Kier alpha value is -2.83. The fourth-order valence-corrected chi connectivity index (χ4v) is 4.66. The summed E-state index contributed by atoms with van der Waals surface area (Å²) in [6.07, 6.45) is 5.68. The number of fused-ring (bicyclic) bond motifs is 1. The van der Waals surface area contributed by atoms with Crippen LogP contribution in [0, 0.1) is 5.92 Å². The second-order valence-corrected chi connectivity index (χ2v) is 8.31. The molecule has 0 unspecified atom stereocenters. The minimum Gasteiger partial charge on any atom is -0.379 e. The molecular formula is C26H32N4O2. The molecular weight excluding hydrogens is 400 g/mol. The number of nitrogens with zero attached hydrogens (tertiary/aromatic N) is 3. The molecule has 6 heteroatoms. The van der Waals surface area contributed by atoms with Crippen molar-refractivity contribution in [1.29, 1.82) is 0 Å². The first-order chi connectivity index (χ1) is 15.7. The summed E-state index contributed by atoms with van der Waals surface area (Å²) >= 11 is 0. The SMILES string of the molecule is CCC(CC)[C@H](CNC(=O)c1cc(-c2ccncc2)nc2ccccc12)N1CCOCC1. The summed E-state index contributed by atoms with van der Waals surface area (Å²) < 4.78 is 5.55. The lowest BCUT2D eigenvalue weighted by Crippen LogP contribution is -2.52. The highest BCUT2D eigenvalue weighted by Crippen LogP contribution is 2.25. The Morgan fingerprint density at radius 2 is 1.81 bits per heavy atom. The molecule has 1 atom stereocenters. The van der Waals surface area contributed by atoms with Crippen LogP contribution in [0.25, 0.3) is 22.2 Å². The van der Waals surface area contributed by atoms with E-state index >= 15 is 0 Å².